The molecule has 1 radical (unpaired) electrons. The van der Waals surface area contributed by atoms with Gasteiger partial charge in [-0.3, -0.25) is 4.79 Å². The van der Waals surface area contributed by atoms with Crippen molar-refractivity contribution < 1.29 is 4.79 Å². The lowest BCUT2D eigenvalue weighted by Gasteiger charge is -2.40. The predicted octanol–water partition coefficient (Wildman–Crippen LogP) is 7.29. The summed E-state index contributed by atoms with van der Waals surface area (Å²) < 4.78 is 0.595. The molecular formula is C23H46BINOS2. The Morgan fingerprint density at radius 2 is 1.48 bits per heavy atom. The van der Waals surface area contributed by atoms with Crippen molar-refractivity contribution in [2.24, 2.45) is 22.2 Å². The Morgan fingerprint density at radius 1 is 1.00 bits per heavy atom. The molecule has 0 fully saturated rings. The third-order valence-electron chi connectivity index (χ3n) is 6.54. The average Bonchev–Trinajstić information content (AvgIpc) is 2.50. The van der Waals surface area contributed by atoms with Gasteiger partial charge in [0.1, 0.15) is 7.28 Å². The molecule has 0 aromatic rings. The molecule has 29 heavy (non-hydrogen) atoms. The van der Waals surface area contributed by atoms with Gasteiger partial charge in [0.2, 0.25) is 5.91 Å². The van der Waals surface area contributed by atoms with E-state index < -0.39 is 5.41 Å². The zero-order valence-corrected chi connectivity index (χ0v) is 24.8. The van der Waals surface area contributed by atoms with Crippen LogP contribution in [-0.2, 0) is 4.79 Å². The molecule has 0 heterocycles. The molecule has 6 heteroatoms. The highest BCUT2D eigenvalue weighted by Crippen LogP contribution is 2.44. The standard InChI is InChI=1S/C23H46BINOS2/c1-15(2)20(4,5)13-22(8,9)19(27)26-18(28)17(29-12)24-23(10,11)14-21(6,7)16(3)25/h15-18,28H,13-14H2,1-12H3,(H,26,27). The largest absolute Gasteiger partial charge is 0.344 e. The summed E-state index contributed by atoms with van der Waals surface area (Å²) in [5.74, 6) is 0.621. The summed E-state index contributed by atoms with van der Waals surface area (Å²) >= 11 is 9.10. The van der Waals surface area contributed by atoms with Crippen LogP contribution >= 0.6 is 47.0 Å². The molecule has 1 N–H and O–H groups in total. The highest BCUT2D eigenvalue weighted by molar-refractivity contribution is 14.1. The number of amides is 1. The third kappa shape index (κ3) is 9.97. The number of nitrogens with one attached hydrogen (secondary N) is 1. The molecule has 0 aromatic carbocycles. The van der Waals surface area contributed by atoms with Crippen LogP contribution < -0.4 is 5.32 Å². The van der Waals surface area contributed by atoms with Crippen LogP contribution in [0.4, 0.5) is 0 Å². The van der Waals surface area contributed by atoms with E-state index in [2.05, 4.69) is 118 Å². The van der Waals surface area contributed by atoms with Gasteiger partial charge in [-0.15, -0.1) is 0 Å². The number of thioether (sulfide) groups is 1. The molecule has 0 saturated carbocycles. The number of hydrogen-bond acceptors (Lipinski definition) is 3. The minimum absolute atomic E-state index is 0.0669. The summed E-state index contributed by atoms with van der Waals surface area (Å²) in [5.41, 5.74) is -0.0587. The maximum Gasteiger partial charge on any atom is 0.226 e. The van der Waals surface area contributed by atoms with Crippen LogP contribution in [0.2, 0.25) is 5.31 Å². The summed E-state index contributed by atoms with van der Waals surface area (Å²) in [4.78, 5) is 13.1. The second-order valence-corrected chi connectivity index (χ2v) is 15.2. The topological polar surface area (TPSA) is 29.1 Å². The van der Waals surface area contributed by atoms with Crippen molar-refractivity contribution >= 4 is 60.2 Å². The number of halogens is 1. The molecule has 0 aliphatic carbocycles. The Labute approximate surface area is 206 Å². The molecule has 0 spiro atoms. The highest BCUT2D eigenvalue weighted by atomic mass is 127. The van der Waals surface area contributed by atoms with E-state index >= 15 is 0 Å². The van der Waals surface area contributed by atoms with Crippen molar-refractivity contribution in [3.05, 3.63) is 0 Å². The first-order valence-corrected chi connectivity index (χ1v) is 13.8. The Kier molecular flexibility index (Phi) is 11.6. The fraction of sp³-hybridized carbons (Fsp3) is 0.957. The predicted molar refractivity (Wildman–Crippen MR) is 147 cm³/mol. The smallest absolute Gasteiger partial charge is 0.226 e. The summed E-state index contributed by atoms with van der Waals surface area (Å²) in [5, 5.41) is 3.24. The highest BCUT2D eigenvalue weighted by Gasteiger charge is 2.39. The molecule has 171 valence electrons. The van der Waals surface area contributed by atoms with Gasteiger partial charge in [0, 0.05) is 14.5 Å². The zero-order chi connectivity index (χ0) is 23.4. The van der Waals surface area contributed by atoms with Crippen molar-refractivity contribution in [3.63, 3.8) is 0 Å². The fourth-order valence-corrected chi connectivity index (χ4v) is 5.56. The Hall–Kier alpha value is 0.965. The van der Waals surface area contributed by atoms with Gasteiger partial charge in [-0.1, -0.05) is 104 Å². The average molecular weight is 554 g/mol. The molecule has 0 aliphatic rings. The van der Waals surface area contributed by atoms with E-state index in [-0.39, 0.29) is 32.6 Å². The normalized spacial score (nSPS) is 17.1. The second-order valence-electron chi connectivity index (χ2n) is 11.8. The first-order chi connectivity index (χ1) is 12.8. The van der Waals surface area contributed by atoms with Gasteiger partial charge in [-0.05, 0) is 35.8 Å². The van der Waals surface area contributed by atoms with Crippen LogP contribution in [0, 0.1) is 22.2 Å². The molecule has 0 aliphatic heterocycles. The summed E-state index contributed by atoms with van der Waals surface area (Å²) in [6, 6.07) is 0. The Morgan fingerprint density at radius 3 is 1.86 bits per heavy atom. The molecular weight excluding hydrogens is 508 g/mol. The third-order valence-corrected chi connectivity index (χ3v) is 9.83. The number of carbonyl (C=O) groups excluding carboxylic acids is 1. The van der Waals surface area contributed by atoms with Gasteiger partial charge in [-0.2, -0.15) is 24.4 Å². The number of rotatable bonds is 12. The quantitative estimate of drug-likeness (QED) is 0.0873. The molecule has 2 nitrogen and oxygen atoms in total. The minimum Gasteiger partial charge on any atom is -0.344 e. The van der Waals surface area contributed by atoms with Crippen molar-refractivity contribution in [1.82, 2.24) is 5.32 Å². The maximum atomic E-state index is 13.1. The number of hydrogen-bond donors (Lipinski definition) is 2. The van der Waals surface area contributed by atoms with Crippen LogP contribution in [0.25, 0.3) is 0 Å². The van der Waals surface area contributed by atoms with Crippen LogP contribution in [0.15, 0.2) is 0 Å². The molecule has 0 bridgehead atoms. The van der Waals surface area contributed by atoms with Crippen LogP contribution in [0.5, 0.6) is 0 Å². The van der Waals surface area contributed by atoms with E-state index in [0.717, 1.165) is 12.8 Å². The summed E-state index contributed by atoms with van der Waals surface area (Å²) in [7, 11) is 2.39. The number of alkyl halides is 1. The molecule has 0 saturated heterocycles. The van der Waals surface area contributed by atoms with Gasteiger partial charge < -0.3 is 5.32 Å². The minimum atomic E-state index is -0.425. The summed E-state index contributed by atoms with van der Waals surface area (Å²) in [6.45, 7) is 24.6. The lowest BCUT2D eigenvalue weighted by Crippen LogP contribution is -2.49. The van der Waals surface area contributed by atoms with Gasteiger partial charge >= 0.3 is 0 Å². The molecule has 3 unspecified atom stereocenters. The van der Waals surface area contributed by atoms with Crippen LogP contribution in [0.1, 0.15) is 89.0 Å². The number of carbonyl (C=O) groups is 1. The molecule has 1 amide bonds. The maximum absolute atomic E-state index is 13.1. The molecule has 3 atom stereocenters. The SMILES string of the molecule is CSC([B]C(C)(C)CC(C)(C)C(C)I)C(S)NC(=O)C(C)(C)CC(C)(C)C(C)C. The molecule has 0 rings (SSSR count). The van der Waals surface area contributed by atoms with E-state index in [4.69, 9.17) is 12.6 Å². The van der Waals surface area contributed by atoms with Gasteiger partial charge in [-0.25, -0.2) is 0 Å². The van der Waals surface area contributed by atoms with Crippen molar-refractivity contribution in [2.45, 2.75) is 109 Å². The van der Waals surface area contributed by atoms with E-state index in [1.807, 2.05) is 0 Å². The second kappa shape index (κ2) is 11.2. The van der Waals surface area contributed by atoms with E-state index in [1.165, 1.54) is 0 Å². The van der Waals surface area contributed by atoms with Crippen LogP contribution in [0.3, 0.4) is 0 Å². The molecule has 0 aromatic heterocycles. The Balaban J connectivity index is 5.15. The lowest BCUT2D eigenvalue weighted by molar-refractivity contribution is -0.131. The monoisotopic (exact) mass is 554 g/mol. The zero-order valence-electron chi connectivity index (χ0n) is 20.9. The first kappa shape index (κ1) is 30.0. The first-order valence-electron chi connectivity index (χ1n) is 10.8. The summed E-state index contributed by atoms with van der Waals surface area (Å²) in [6.07, 6.45) is 4.06. The van der Waals surface area contributed by atoms with E-state index in [9.17, 15) is 4.79 Å². The number of thiol groups is 1. The van der Waals surface area contributed by atoms with Gasteiger partial charge in [0.25, 0.3) is 0 Å². The lowest BCUT2D eigenvalue weighted by atomic mass is 9.48. The Bertz CT molecular complexity index is 533. The van der Waals surface area contributed by atoms with E-state index in [1.54, 1.807) is 11.8 Å². The van der Waals surface area contributed by atoms with E-state index in [0.29, 0.717) is 9.84 Å². The fourth-order valence-electron chi connectivity index (χ4n) is 3.94. The van der Waals surface area contributed by atoms with Crippen LogP contribution in [-0.4, -0.2) is 33.9 Å². The van der Waals surface area contributed by atoms with Gasteiger partial charge in [0.15, 0.2) is 0 Å². The van der Waals surface area contributed by atoms with Crippen molar-refractivity contribution in [1.29, 1.82) is 0 Å². The van der Waals surface area contributed by atoms with Crippen molar-refractivity contribution in [3.8, 4) is 0 Å². The van der Waals surface area contributed by atoms with Gasteiger partial charge in [0.05, 0.1) is 5.37 Å². The van der Waals surface area contributed by atoms with Crippen molar-refractivity contribution in [2.75, 3.05) is 6.26 Å².